The van der Waals surface area contributed by atoms with Crippen molar-refractivity contribution in [3.63, 3.8) is 0 Å². The molecule has 4 rings (SSSR count). The predicted octanol–water partition coefficient (Wildman–Crippen LogP) is 3.80. The van der Waals surface area contributed by atoms with E-state index in [1.54, 1.807) is 7.11 Å². The highest BCUT2D eigenvalue weighted by Gasteiger charge is 2.29. The van der Waals surface area contributed by atoms with E-state index in [4.69, 9.17) is 4.74 Å². The Labute approximate surface area is 167 Å². The molecule has 5 heteroatoms. The van der Waals surface area contributed by atoms with Crippen LogP contribution in [0.25, 0.3) is 5.69 Å². The first kappa shape index (κ1) is 19.1. The van der Waals surface area contributed by atoms with Gasteiger partial charge in [0, 0.05) is 49.3 Å². The molecule has 2 aromatic rings. The van der Waals surface area contributed by atoms with E-state index >= 15 is 0 Å². The maximum absolute atomic E-state index is 13.2. The van der Waals surface area contributed by atoms with Crippen LogP contribution in [0.4, 0.5) is 0 Å². The van der Waals surface area contributed by atoms with Gasteiger partial charge in [-0.1, -0.05) is 12.8 Å². The van der Waals surface area contributed by atoms with Gasteiger partial charge in [0.1, 0.15) is 5.75 Å². The minimum atomic E-state index is 0.166. The second kappa shape index (κ2) is 8.00. The summed E-state index contributed by atoms with van der Waals surface area (Å²) >= 11 is 0. The molecule has 1 amide bonds. The van der Waals surface area contributed by atoms with E-state index in [2.05, 4.69) is 16.4 Å². The number of nitrogens with zero attached hydrogens (tertiary/aromatic N) is 3. The number of rotatable bonds is 4. The summed E-state index contributed by atoms with van der Waals surface area (Å²) in [7, 11) is 1.67. The average Bonchev–Trinajstić information content (AvgIpc) is 3.36. The summed E-state index contributed by atoms with van der Waals surface area (Å²) in [6.07, 6.45) is 5.39. The molecule has 0 spiro atoms. The third-order valence-electron chi connectivity index (χ3n) is 6.43. The number of amides is 1. The van der Waals surface area contributed by atoms with Crippen molar-refractivity contribution in [2.75, 3.05) is 33.3 Å². The zero-order chi connectivity index (χ0) is 19.7. The van der Waals surface area contributed by atoms with Gasteiger partial charge in [-0.05, 0) is 57.0 Å². The molecular weight excluding hydrogens is 350 g/mol. The first-order valence-corrected chi connectivity index (χ1v) is 10.4. The number of carbonyl (C=O) groups is 1. The minimum absolute atomic E-state index is 0.166. The summed E-state index contributed by atoms with van der Waals surface area (Å²) in [5, 5.41) is 0. The van der Waals surface area contributed by atoms with Gasteiger partial charge in [0.05, 0.1) is 12.7 Å². The molecule has 1 aromatic carbocycles. The van der Waals surface area contributed by atoms with Gasteiger partial charge in [-0.25, -0.2) is 0 Å². The van der Waals surface area contributed by atoms with Gasteiger partial charge in [0.25, 0.3) is 5.91 Å². The second-order valence-electron chi connectivity index (χ2n) is 8.08. The molecule has 0 radical (unpaired) electrons. The molecule has 150 valence electrons. The van der Waals surface area contributed by atoms with E-state index in [0.29, 0.717) is 0 Å². The Balaban J connectivity index is 1.49. The molecule has 1 saturated heterocycles. The number of benzene rings is 1. The van der Waals surface area contributed by atoms with Gasteiger partial charge >= 0.3 is 0 Å². The molecule has 2 heterocycles. The van der Waals surface area contributed by atoms with E-state index in [1.165, 1.54) is 25.7 Å². The lowest BCUT2D eigenvalue weighted by Crippen LogP contribution is -2.51. The van der Waals surface area contributed by atoms with Crippen molar-refractivity contribution in [2.45, 2.75) is 45.6 Å². The lowest BCUT2D eigenvalue weighted by molar-refractivity contribution is 0.0572. The molecule has 5 nitrogen and oxygen atoms in total. The fraction of sp³-hybridized carbons (Fsp3) is 0.522. The number of piperazine rings is 1. The molecule has 0 unspecified atom stereocenters. The highest BCUT2D eigenvalue weighted by atomic mass is 16.5. The lowest BCUT2D eigenvalue weighted by atomic mass is 10.1. The molecule has 2 fully saturated rings. The van der Waals surface area contributed by atoms with Crippen LogP contribution in [0.5, 0.6) is 5.75 Å². The van der Waals surface area contributed by atoms with Gasteiger partial charge in [-0.2, -0.15) is 0 Å². The third kappa shape index (κ3) is 3.55. The van der Waals surface area contributed by atoms with Crippen molar-refractivity contribution in [1.29, 1.82) is 0 Å². The summed E-state index contributed by atoms with van der Waals surface area (Å²) in [4.78, 5) is 17.8. The molecule has 28 heavy (non-hydrogen) atoms. The minimum Gasteiger partial charge on any atom is -0.497 e. The normalized spacial score (nSPS) is 18.6. The zero-order valence-corrected chi connectivity index (χ0v) is 17.3. The number of methoxy groups -OCH3 is 1. The van der Waals surface area contributed by atoms with Crippen LogP contribution in [0.15, 0.2) is 30.3 Å². The highest BCUT2D eigenvalue weighted by Crippen LogP contribution is 2.26. The monoisotopic (exact) mass is 381 g/mol. The van der Waals surface area contributed by atoms with Crippen LogP contribution in [-0.2, 0) is 0 Å². The quantitative estimate of drug-likeness (QED) is 0.808. The standard InChI is InChI=1S/C23H31N3O2/c1-17-16-22(18(2)26(17)20-8-10-21(28-3)11-9-20)23(27)25-14-12-24(13-15-25)19-6-4-5-7-19/h8-11,16,19H,4-7,12-15H2,1-3H3. The largest absolute Gasteiger partial charge is 0.497 e. The van der Waals surface area contributed by atoms with Crippen molar-refractivity contribution in [3.8, 4) is 11.4 Å². The molecule has 1 saturated carbocycles. The molecule has 0 N–H and O–H groups in total. The Morgan fingerprint density at radius 2 is 1.64 bits per heavy atom. The SMILES string of the molecule is COc1ccc(-n2c(C)cc(C(=O)N3CCN(C4CCCC4)CC3)c2C)cc1. The number of hydrogen-bond donors (Lipinski definition) is 0. The Kier molecular flexibility index (Phi) is 5.44. The van der Waals surface area contributed by atoms with Crippen LogP contribution in [0.2, 0.25) is 0 Å². The third-order valence-corrected chi connectivity index (χ3v) is 6.43. The van der Waals surface area contributed by atoms with Crippen LogP contribution in [-0.4, -0.2) is 59.6 Å². The van der Waals surface area contributed by atoms with E-state index < -0.39 is 0 Å². The molecule has 1 aromatic heterocycles. The van der Waals surface area contributed by atoms with Gasteiger partial charge < -0.3 is 14.2 Å². The predicted molar refractivity (Wildman–Crippen MR) is 112 cm³/mol. The topological polar surface area (TPSA) is 37.7 Å². The fourth-order valence-corrected chi connectivity index (χ4v) is 4.84. The van der Waals surface area contributed by atoms with Crippen molar-refractivity contribution in [1.82, 2.24) is 14.4 Å². The first-order valence-electron chi connectivity index (χ1n) is 10.4. The molecule has 2 aliphatic rings. The first-order chi connectivity index (χ1) is 13.6. The molecule has 0 atom stereocenters. The number of ether oxygens (including phenoxy) is 1. The fourth-order valence-electron chi connectivity index (χ4n) is 4.84. The average molecular weight is 382 g/mol. The van der Waals surface area contributed by atoms with Crippen molar-refractivity contribution in [2.24, 2.45) is 0 Å². The number of aryl methyl sites for hydroxylation is 1. The maximum atomic E-state index is 13.2. The lowest BCUT2D eigenvalue weighted by Gasteiger charge is -2.38. The van der Waals surface area contributed by atoms with Gasteiger partial charge in [0.15, 0.2) is 0 Å². The van der Waals surface area contributed by atoms with Gasteiger partial charge in [-0.15, -0.1) is 0 Å². The molecule has 0 bridgehead atoms. The Morgan fingerprint density at radius 3 is 2.25 bits per heavy atom. The van der Waals surface area contributed by atoms with Crippen LogP contribution in [0.1, 0.15) is 47.4 Å². The van der Waals surface area contributed by atoms with E-state index in [1.807, 2.05) is 42.2 Å². The molecule has 1 aliphatic heterocycles. The number of carbonyl (C=O) groups excluding carboxylic acids is 1. The van der Waals surface area contributed by atoms with Crippen LogP contribution in [0.3, 0.4) is 0 Å². The van der Waals surface area contributed by atoms with Crippen molar-refractivity contribution < 1.29 is 9.53 Å². The zero-order valence-electron chi connectivity index (χ0n) is 17.3. The van der Waals surface area contributed by atoms with Gasteiger partial charge in [-0.3, -0.25) is 9.69 Å². The Hall–Kier alpha value is -2.27. The number of hydrogen-bond acceptors (Lipinski definition) is 3. The number of aromatic nitrogens is 1. The van der Waals surface area contributed by atoms with Crippen LogP contribution < -0.4 is 4.74 Å². The summed E-state index contributed by atoms with van der Waals surface area (Å²) < 4.78 is 7.41. The van der Waals surface area contributed by atoms with Crippen molar-refractivity contribution in [3.05, 3.63) is 47.3 Å². The van der Waals surface area contributed by atoms with E-state index in [0.717, 1.165) is 60.6 Å². The van der Waals surface area contributed by atoms with Crippen LogP contribution >= 0.6 is 0 Å². The smallest absolute Gasteiger partial charge is 0.255 e. The summed E-state index contributed by atoms with van der Waals surface area (Å²) in [6.45, 7) is 7.79. The van der Waals surface area contributed by atoms with Crippen LogP contribution in [0, 0.1) is 13.8 Å². The van der Waals surface area contributed by atoms with E-state index in [-0.39, 0.29) is 5.91 Å². The molecular formula is C23H31N3O2. The summed E-state index contributed by atoms with van der Waals surface area (Å²) in [5.74, 6) is 1.00. The maximum Gasteiger partial charge on any atom is 0.255 e. The second-order valence-corrected chi connectivity index (χ2v) is 8.08. The van der Waals surface area contributed by atoms with Gasteiger partial charge in [0.2, 0.25) is 0 Å². The van der Waals surface area contributed by atoms with Crippen molar-refractivity contribution >= 4 is 5.91 Å². The van der Waals surface area contributed by atoms with E-state index in [9.17, 15) is 4.79 Å². The summed E-state index contributed by atoms with van der Waals surface area (Å²) in [6, 6.07) is 10.8. The summed E-state index contributed by atoms with van der Waals surface area (Å²) in [5.41, 5.74) is 3.96. The Morgan fingerprint density at radius 1 is 1.00 bits per heavy atom. The highest BCUT2D eigenvalue weighted by molar-refractivity contribution is 5.96. The molecule has 1 aliphatic carbocycles. The Bertz CT molecular complexity index is 826.